The molecule has 0 bridgehead atoms. The Morgan fingerprint density at radius 2 is 2.00 bits per heavy atom. The largest absolute Gasteiger partial charge is 0.390 e. The molecule has 0 aliphatic carbocycles. The van der Waals surface area contributed by atoms with E-state index < -0.39 is 12.2 Å². The summed E-state index contributed by atoms with van der Waals surface area (Å²) in [6.07, 6.45) is -1.88. The van der Waals surface area contributed by atoms with Crippen molar-refractivity contribution in [2.45, 2.75) is 32.5 Å². The third-order valence-electron chi connectivity index (χ3n) is 1.14. The summed E-state index contributed by atoms with van der Waals surface area (Å²) in [6.45, 7) is 3.03. The van der Waals surface area contributed by atoms with E-state index in [0.717, 1.165) is 0 Å². The first-order valence-electron chi connectivity index (χ1n) is 2.98. The molecular formula is C6H12O3. The van der Waals surface area contributed by atoms with Gasteiger partial charge in [-0.15, -0.1) is 0 Å². The highest BCUT2D eigenvalue weighted by atomic mass is 16.3. The van der Waals surface area contributed by atoms with Gasteiger partial charge in [0.15, 0.2) is 5.78 Å². The van der Waals surface area contributed by atoms with Crippen molar-refractivity contribution in [3.8, 4) is 0 Å². The molecule has 0 aliphatic rings. The van der Waals surface area contributed by atoms with Crippen molar-refractivity contribution in [2.75, 3.05) is 0 Å². The van der Waals surface area contributed by atoms with E-state index in [-0.39, 0.29) is 12.2 Å². The maximum Gasteiger partial charge on any atom is 0.163 e. The van der Waals surface area contributed by atoms with Gasteiger partial charge in [-0.3, -0.25) is 4.79 Å². The van der Waals surface area contributed by atoms with Crippen molar-refractivity contribution >= 4 is 5.78 Å². The summed E-state index contributed by atoms with van der Waals surface area (Å²) in [5, 5.41) is 17.4. The topological polar surface area (TPSA) is 57.5 Å². The van der Waals surface area contributed by atoms with Gasteiger partial charge in [0, 0.05) is 6.42 Å². The lowest BCUT2D eigenvalue weighted by molar-refractivity contribution is -0.131. The van der Waals surface area contributed by atoms with Gasteiger partial charge >= 0.3 is 0 Å². The lowest BCUT2D eigenvalue weighted by Crippen LogP contribution is -2.30. The van der Waals surface area contributed by atoms with Gasteiger partial charge in [0.25, 0.3) is 0 Å². The van der Waals surface area contributed by atoms with Gasteiger partial charge in [-0.2, -0.15) is 0 Å². The normalized spacial score (nSPS) is 16.9. The predicted octanol–water partition coefficient (Wildman–Crippen LogP) is -0.293. The highest BCUT2D eigenvalue weighted by Gasteiger charge is 2.17. The minimum atomic E-state index is -1.20. The van der Waals surface area contributed by atoms with E-state index in [2.05, 4.69) is 0 Å². The third kappa shape index (κ3) is 2.58. The summed E-state index contributed by atoms with van der Waals surface area (Å²) in [7, 11) is 0. The summed E-state index contributed by atoms with van der Waals surface area (Å²) in [5.74, 6) is -0.315. The molecule has 0 amide bonds. The second kappa shape index (κ2) is 3.58. The van der Waals surface area contributed by atoms with Crippen molar-refractivity contribution in [1.82, 2.24) is 0 Å². The number of rotatable bonds is 3. The van der Waals surface area contributed by atoms with Crippen LogP contribution in [-0.2, 0) is 4.79 Å². The first kappa shape index (κ1) is 8.59. The van der Waals surface area contributed by atoms with E-state index in [0.29, 0.717) is 0 Å². The number of Topliss-reactive ketones (excluding diaryl/α,β-unsaturated/α-hetero) is 1. The minimum Gasteiger partial charge on any atom is -0.390 e. The fourth-order valence-corrected chi connectivity index (χ4v) is 0.478. The predicted molar refractivity (Wildman–Crippen MR) is 33.0 cm³/mol. The second-order valence-electron chi connectivity index (χ2n) is 2.01. The van der Waals surface area contributed by atoms with Crippen LogP contribution in [0.15, 0.2) is 0 Å². The minimum absolute atomic E-state index is 0.270. The molecule has 0 aromatic heterocycles. The van der Waals surface area contributed by atoms with Gasteiger partial charge in [0.1, 0.15) is 6.10 Å². The van der Waals surface area contributed by atoms with E-state index in [9.17, 15) is 4.79 Å². The Kier molecular flexibility index (Phi) is 3.42. The Morgan fingerprint density at radius 3 is 2.11 bits per heavy atom. The number of carbonyl (C=O) groups is 1. The van der Waals surface area contributed by atoms with Gasteiger partial charge in [-0.05, 0) is 6.92 Å². The average Bonchev–Trinajstić information content (AvgIpc) is 1.84. The van der Waals surface area contributed by atoms with Gasteiger partial charge in [-0.1, -0.05) is 6.92 Å². The molecule has 2 atom stereocenters. The molecule has 0 aromatic carbocycles. The van der Waals surface area contributed by atoms with Gasteiger partial charge in [0.2, 0.25) is 0 Å². The molecule has 0 spiro atoms. The molecule has 3 heteroatoms. The standard InChI is InChI=1S/C6H12O3/c1-3-5(8)6(9)4(2)7/h4,6-7,9H,3H2,1-2H3/t4-,6-/m1/s1. The molecule has 0 aromatic rings. The zero-order valence-corrected chi connectivity index (χ0v) is 5.66. The maximum absolute atomic E-state index is 10.5. The number of hydrogen-bond acceptors (Lipinski definition) is 3. The first-order valence-corrected chi connectivity index (χ1v) is 2.98. The van der Waals surface area contributed by atoms with Crippen LogP contribution in [0.25, 0.3) is 0 Å². The molecule has 0 heterocycles. The van der Waals surface area contributed by atoms with Crippen LogP contribution in [-0.4, -0.2) is 28.2 Å². The Balaban J connectivity index is 3.72. The van der Waals surface area contributed by atoms with Crippen LogP contribution < -0.4 is 0 Å². The molecule has 3 nitrogen and oxygen atoms in total. The molecule has 2 N–H and O–H groups in total. The van der Waals surface area contributed by atoms with Crippen LogP contribution in [0.2, 0.25) is 0 Å². The fraction of sp³-hybridized carbons (Fsp3) is 0.833. The molecule has 0 fully saturated rings. The molecule has 0 rings (SSSR count). The molecule has 9 heavy (non-hydrogen) atoms. The summed E-state index contributed by atoms with van der Waals surface area (Å²) < 4.78 is 0. The Morgan fingerprint density at radius 1 is 1.56 bits per heavy atom. The second-order valence-corrected chi connectivity index (χ2v) is 2.01. The molecule has 54 valence electrons. The number of ketones is 1. The molecule has 0 saturated heterocycles. The summed E-state index contributed by atoms with van der Waals surface area (Å²) in [6, 6.07) is 0. The molecule has 0 aliphatic heterocycles. The van der Waals surface area contributed by atoms with Crippen LogP contribution in [0.1, 0.15) is 20.3 Å². The summed E-state index contributed by atoms with van der Waals surface area (Å²) >= 11 is 0. The average molecular weight is 132 g/mol. The highest BCUT2D eigenvalue weighted by molar-refractivity contribution is 5.82. The van der Waals surface area contributed by atoms with E-state index in [1.165, 1.54) is 6.92 Å². The Hall–Kier alpha value is -0.410. The zero-order valence-electron chi connectivity index (χ0n) is 5.66. The summed E-state index contributed by atoms with van der Waals surface area (Å²) in [4.78, 5) is 10.5. The van der Waals surface area contributed by atoms with Crippen molar-refractivity contribution < 1.29 is 15.0 Å². The fourth-order valence-electron chi connectivity index (χ4n) is 0.478. The molecule has 0 saturated carbocycles. The highest BCUT2D eigenvalue weighted by Crippen LogP contribution is 1.95. The van der Waals surface area contributed by atoms with E-state index in [4.69, 9.17) is 10.2 Å². The van der Waals surface area contributed by atoms with Crippen molar-refractivity contribution in [2.24, 2.45) is 0 Å². The maximum atomic E-state index is 10.5. The number of carbonyl (C=O) groups excluding carboxylic acids is 1. The van der Waals surface area contributed by atoms with Crippen LogP contribution in [0.4, 0.5) is 0 Å². The number of hydrogen-bond donors (Lipinski definition) is 2. The zero-order chi connectivity index (χ0) is 7.44. The monoisotopic (exact) mass is 132 g/mol. The van der Waals surface area contributed by atoms with E-state index in [1.807, 2.05) is 0 Å². The summed E-state index contributed by atoms with van der Waals surface area (Å²) in [5.41, 5.74) is 0. The number of aliphatic hydroxyl groups excluding tert-OH is 2. The van der Waals surface area contributed by atoms with Crippen LogP contribution in [0.5, 0.6) is 0 Å². The SMILES string of the molecule is CCC(=O)[C@H](O)[C@@H](C)O. The smallest absolute Gasteiger partial charge is 0.163 e. The molecule has 0 radical (unpaired) electrons. The van der Waals surface area contributed by atoms with Gasteiger partial charge < -0.3 is 10.2 Å². The van der Waals surface area contributed by atoms with Crippen molar-refractivity contribution in [3.63, 3.8) is 0 Å². The van der Waals surface area contributed by atoms with Crippen LogP contribution in [0, 0.1) is 0 Å². The third-order valence-corrected chi connectivity index (χ3v) is 1.14. The van der Waals surface area contributed by atoms with Crippen molar-refractivity contribution in [3.05, 3.63) is 0 Å². The lowest BCUT2D eigenvalue weighted by Gasteiger charge is -2.09. The van der Waals surface area contributed by atoms with E-state index in [1.54, 1.807) is 6.92 Å². The van der Waals surface area contributed by atoms with Gasteiger partial charge in [-0.25, -0.2) is 0 Å². The number of aliphatic hydroxyl groups is 2. The molecular weight excluding hydrogens is 120 g/mol. The van der Waals surface area contributed by atoms with E-state index >= 15 is 0 Å². The Labute approximate surface area is 54.3 Å². The van der Waals surface area contributed by atoms with Crippen LogP contribution >= 0.6 is 0 Å². The lowest BCUT2D eigenvalue weighted by atomic mass is 10.1. The van der Waals surface area contributed by atoms with Gasteiger partial charge in [0.05, 0.1) is 6.10 Å². The quantitative estimate of drug-likeness (QED) is 0.554. The Bertz CT molecular complexity index is 98.5. The van der Waals surface area contributed by atoms with Crippen molar-refractivity contribution in [1.29, 1.82) is 0 Å². The first-order chi connectivity index (χ1) is 4.09. The molecule has 0 unspecified atom stereocenters. The van der Waals surface area contributed by atoms with Crippen LogP contribution in [0.3, 0.4) is 0 Å².